The summed E-state index contributed by atoms with van der Waals surface area (Å²) in [5, 5.41) is 3.19. The van der Waals surface area contributed by atoms with Gasteiger partial charge in [0.15, 0.2) is 0 Å². The van der Waals surface area contributed by atoms with Gasteiger partial charge in [0.05, 0.1) is 12.6 Å². The van der Waals surface area contributed by atoms with Gasteiger partial charge in [-0.3, -0.25) is 14.5 Å². The zero-order valence-electron chi connectivity index (χ0n) is 9.90. The lowest BCUT2D eigenvalue weighted by Gasteiger charge is -2.32. The number of carbonyl (C=O) groups excluding carboxylic acids is 2. The summed E-state index contributed by atoms with van der Waals surface area (Å²) in [4.78, 5) is 26.3. The summed E-state index contributed by atoms with van der Waals surface area (Å²) in [7, 11) is 1.73. The smallest absolute Gasteiger partial charge is 0.239 e. The van der Waals surface area contributed by atoms with E-state index in [4.69, 9.17) is 5.73 Å². The lowest BCUT2D eigenvalue weighted by molar-refractivity contribution is -0.137. The molecule has 0 saturated carbocycles. The monoisotopic (exact) mass is 228 g/mol. The molecular weight excluding hydrogens is 208 g/mol. The second kappa shape index (κ2) is 5.81. The molecule has 1 heterocycles. The van der Waals surface area contributed by atoms with Crippen molar-refractivity contribution in [3.8, 4) is 0 Å². The Bertz CT molecular complexity index is 264. The van der Waals surface area contributed by atoms with Crippen LogP contribution in [-0.4, -0.2) is 67.4 Å². The number of primary amides is 1. The minimum Gasteiger partial charge on any atom is -0.369 e. The first-order chi connectivity index (χ1) is 7.52. The number of rotatable bonds is 4. The third-order valence-electron chi connectivity index (χ3n) is 2.85. The predicted octanol–water partition coefficient (Wildman–Crippen LogP) is -1.78. The largest absolute Gasteiger partial charge is 0.369 e. The first-order valence-corrected chi connectivity index (χ1v) is 5.50. The zero-order valence-corrected chi connectivity index (χ0v) is 9.90. The maximum absolute atomic E-state index is 12.0. The third kappa shape index (κ3) is 3.46. The molecular formula is C10H20N4O2. The van der Waals surface area contributed by atoms with Crippen molar-refractivity contribution in [2.75, 3.05) is 39.8 Å². The van der Waals surface area contributed by atoms with Gasteiger partial charge in [-0.2, -0.15) is 0 Å². The van der Waals surface area contributed by atoms with Crippen LogP contribution in [0.2, 0.25) is 0 Å². The highest BCUT2D eigenvalue weighted by atomic mass is 16.2. The van der Waals surface area contributed by atoms with Crippen molar-refractivity contribution in [3.63, 3.8) is 0 Å². The average Bonchev–Trinajstić information content (AvgIpc) is 2.27. The Labute approximate surface area is 95.8 Å². The molecule has 1 rings (SSSR count). The van der Waals surface area contributed by atoms with E-state index in [1.54, 1.807) is 18.9 Å². The number of amides is 2. The molecule has 1 atom stereocenters. The molecule has 1 aliphatic heterocycles. The van der Waals surface area contributed by atoms with Crippen LogP contribution in [-0.2, 0) is 9.59 Å². The Morgan fingerprint density at radius 3 is 2.50 bits per heavy atom. The van der Waals surface area contributed by atoms with Crippen molar-refractivity contribution in [2.45, 2.75) is 13.0 Å². The Kier molecular flexibility index (Phi) is 4.70. The summed E-state index contributed by atoms with van der Waals surface area (Å²) < 4.78 is 0. The van der Waals surface area contributed by atoms with Crippen LogP contribution in [0.25, 0.3) is 0 Å². The zero-order chi connectivity index (χ0) is 12.1. The van der Waals surface area contributed by atoms with Crippen LogP contribution in [0.4, 0.5) is 0 Å². The summed E-state index contributed by atoms with van der Waals surface area (Å²) in [5.74, 6) is -0.354. The molecule has 0 aromatic rings. The standard InChI is InChI=1S/C10H20N4O2/c1-8(13(2)7-9(11)15)10(16)14-5-3-12-4-6-14/h8,12H,3-7H2,1-2H3,(H2,11,15). The van der Waals surface area contributed by atoms with Crippen molar-refractivity contribution < 1.29 is 9.59 Å². The molecule has 1 unspecified atom stereocenters. The number of piperazine rings is 1. The van der Waals surface area contributed by atoms with Crippen LogP contribution in [0.15, 0.2) is 0 Å². The van der Waals surface area contributed by atoms with Crippen molar-refractivity contribution in [1.29, 1.82) is 0 Å². The van der Waals surface area contributed by atoms with Crippen LogP contribution in [0.3, 0.4) is 0 Å². The van der Waals surface area contributed by atoms with E-state index in [-0.39, 0.29) is 18.5 Å². The third-order valence-corrected chi connectivity index (χ3v) is 2.85. The topological polar surface area (TPSA) is 78.7 Å². The fourth-order valence-electron chi connectivity index (χ4n) is 1.72. The molecule has 0 bridgehead atoms. The van der Waals surface area contributed by atoms with Crippen molar-refractivity contribution >= 4 is 11.8 Å². The summed E-state index contributed by atoms with van der Waals surface area (Å²) in [6.45, 7) is 5.03. The molecule has 1 aliphatic rings. The van der Waals surface area contributed by atoms with E-state index >= 15 is 0 Å². The molecule has 2 amide bonds. The molecule has 92 valence electrons. The van der Waals surface area contributed by atoms with Gasteiger partial charge in [-0.1, -0.05) is 0 Å². The van der Waals surface area contributed by atoms with E-state index in [0.717, 1.165) is 26.2 Å². The van der Waals surface area contributed by atoms with E-state index in [1.165, 1.54) is 0 Å². The number of nitrogens with two attached hydrogens (primary N) is 1. The molecule has 16 heavy (non-hydrogen) atoms. The fraction of sp³-hybridized carbons (Fsp3) is 0.800. The summed E-state index contributed by atoms with van der Waals surface area (Å²) in [6.07, 6.45) is 0. The van der Waals surface area contributed by atoms with Gasteiger partial charge in [-0.15, -0.1) is 0 Å². The minimum absolute atomic E-state index is 0.0604. The van der Waals surface area contributed by atoms with E-state index in [1.807, 2.05) is 4.90 Å². The van der Waals surface area contributed by atoms with Crippen molar-refractivity contribution in [1.82, 2.24) is 15.1 Å². The van der Waals surface area contributed by atoms with Crippen LogP contribution in [0, 0.1) is 0 Å². The van der Waals surface area contributed by atoms with Gasteiger partial charge in [-0.05, 0) is 14.0 Å². The second-order valence-electron chi connectivity index (χ2n) is 4.13. The Balaban J connectivity index is 2.48. The first kappa shape index (κ1) is 12.9. The summed E-state index contributed by atoms with van der Waals surface area (Å²) in [5.41, 5.74) is 5.09. The van der Waals surface area contributed by atoms with Crippen molar-refractivity contribution in [2.24, 2.45) is 5.73 Å². The number of carbonyl (C=O) groups is 2. The number of nitrogens with one attached hydrogen (secondary N) is 1. The Morgan fingerprint density at radius 1 is 1.44 bits per heavy atom. The van der Waals surface area contributed by atoms with E-state index in [2.05, 4.69) is 5.32 Å². The highest BCUT2D eigenvalue weighted by Crippen LogP contribution is 2.03. The van der Waals surface area contributed by atoms with Crippen molar-refractivity contribution in [3.05, 3.63) is 0 Å². The van der Waals surface area contributed by atoms with Crippen LogP contribution in [0.1, 0.15) is 6.92 Å². The quantitative estimate of drug-likeness (QED) is 0.596. The lowest BCUT2D eigenvalue weighted by atomic mass is 10.2. The molecule has 1 saturated heterocycles. The van der Waals surface area contributed by atoms with E-state index < -0.39 is 5.91 Å². The maximum atomic E-state index is 12.0. The number of hydrogen-bond donors (Lipinski definition) is 2. The summed E-state index contributed by atoms with van der Waals surface area (Å²) >= 11 is 0. The maximum Gasteiger partial charge on any atom is 0.239 e. The minimum atomic E-state index is -0.414. The van der Waals surface area contributed by atoms with Gasteiger partial charge in [0.2, 0.25) is 11.8 Å². The normalized spacial score (nSPS) is 18.6. The molecule has 1 fully saturated rings. The number of nitrogens with zero attached hydrogens (tertiary/aromatic N) is 2. The van der Waals surface area contributed by atoms with Crippen LogP contribution >= 0.6 is 0 Å². The lowest BCUT2D eigenvalue weighted by Crippen LogP contribution is -2.53. The van der Waals surface area contributed by atoms with Gasteiger partial charge < -0.3 is 16.0 Å². The highest BCUT2D eigenvalue weighted by Gasteiger charge is 2.25. The molecule has 6 heteroatoms. The van der Waals surface area contributed by atoms with E-state index in [9.17, 15) is 9.59 Å². The molecule has 0 radical (unpaired) electrons. The fourth-order valence-corrected chi connectivity index (χ4v) is 1.72. The average molecular weight is 228 g/mol. The second-order valence-corrected chi connectivity index (χ2v) is 4.13. The SMILES string of the molecule is CC(C(=O)N1CCNCC1)N(C)CC(N)=O. The molecule has 0 aromatic heterocycles. The van der Waals surface area contributed by atoms with Gasteiger partial charge in [-0.25, -0.2) is 0 Å². The van der Waals surface area contributed by atoms with E-state index in [0.29, 0.717) is 0 Å². The number of hydrogen-bond acceptors (Lipinski definition) is 4. The predicted molar refractivity (Wildman–Crippen MR) is 60.7 cm³/mol. The Hall–Kier alpha value is -1.14. The van der Waals surface area contributed by atoms with Gasteiger partial charge in [0.1, 0.15) is 0 Å². The molecule has 0 aliphatic carbocycles. The number of likely N-dealkylation sites (N-methyl/N-ethyl adjacent to an activating group) is 1. The molecule has 0 spiro atoms. The summed E-state index contributed by atoms with van der Waals surface area (Å²) in [6, 6.07) is -0.300. The molecule has 6 nitrogen and oxygen atoms in total. The van der Waals surface area contributed by atoms with Gasteiger partial charge >= 0.3 is 0 Å². The molecule has 0 aromatic carbocycles. The van der Waals surface area contributed by atoms with Crippen LogP contribution in [0.5, 0.6) is 0 Å². The highest BCUT2D eigenvalue weighted by molar-refractivity contribution is 5.83. The molecule has 3 N–H and O–H groups in total. The Morgan fingerprint density at radius 2 is 2.00 bits per heavy atom. The first-order valence-electron chi connectivity index (χ1n) is 5.50. The van der Waals surface area contributed by atoms with Crippen LogP contribution < -0.4 is 11.1 Å². The van der Waals surface area contributed by atoms with Gasteiger partial charge in [0, 0.05) is 26.2 Å². The van der Waals surface area contributed by atoms with Gasteiger partial charge in [0.25, 0.3) is 0 Å².